The maximum absolute atomic E-state index is 5.73. The number of furan rings is 1. The summed E-state index contributed by atoms with van der Waals surface area (Å²) in [5, 5.41) is 8.16. The van der Waals surface area contributed by atoms with Crippen molar-refractivity contribution in [1.29, 1.82) is 0 Å². The Balaban J connectivity index is 1.52. The maximum Gasteiger partial charge on any atom is 0.293 e. The predicted molar refractivity (Wildman–Crippen MR) is 71.5 cm³/mol. The fraction of sp³-hybridized carbons (Fsp3) is 0.357. The number of aromatic nitrogens is 4. The molecule has 4 rings (SSSR count). The van der Waals surface area contributed by atoms with Crippen LogP contribution in [0.1, 0.15) is 23.9 Å². The van der Waals surface area contributed by atoms with Gasteiger partial charge in [-0.25, -0.2) is 0 Å². The van der Waals surface area contributed by atoms with Crippen LogP contribution >= 0.6 is 0 Å². The van der Waals surface area contributed by atoms with E-state index >= 15 is 0 Å². The molecule has 1 aliphatic rings. The van der Waals surface area contributed by atoms with Crippen LogP contribution in [0.4, 0.5) is 0 Å². The molecule has 4 heterocycles. The largest absolute Gasteiger partial charge is 0.454 e. The second-order valence-corrected chi connectivity index (χ2v) is 4.99. The number of hydrogen-bond donors (Lipinski definition) is 0. The number of rotatable bonds is 4. The van der Waals surface area contributed by atoms with Crippen molar-refractivity contribution in [3.05, 3.63) is 42.2 Å². The first kappa shape index (κ1) is 12.3. The minimum Gasteiger partial charge on any atom is -0.454 e. The van der Waals surface area contributed by atoms with Gasteiger partial charge in [-0.3, -0.25) is 4.68 Å². The quantitative estimate of drug-likeness (QED) is 0.730. The molecule has 0 amide bonds. The van der Waals surface area contributed by atoms with Crippen LogP contribution < -0.4 is 0 Å². The average Bonchev–Trinajstić information content (AvgIpc) is 3.28. The van der Waals surface area contributed by atoms with E-state index in [4.69, 9.17) is 13.7 Å². The van der Waals surface area contributed by atoms with Gasteiger partial charge in [-0.15, -0.1) is 0 Å². The van der Waals surface area contributed by atoms with Gasteiger partial charge < -0.3 is 13.7 Å². The summed E-state index contributed by atoms with van der Waals surface area (Å²) in [5.74, 6) is 2.68. The van der Waals surface area contributed by atoms with Gasteiger partial charge in [-0.05, 0) is 24.6 Å². The molecule has 0 spiro atoms. The molecule has 0 bridgehead atoms. The molecule has 1 atom stereocenters. The molecule has 7 heteroatoms. The molecule has 21 heavy (non-hydrogen) atoms. The molecule has 1 aliphatic heterocycles. The van der Waals surface area contributed by atoms with Gasteiger partial charge >= 0.3 is 0 Å². The average molecular weight is 286 g/mol. The van der Waals surface area contributed by atoms with Gasteiger partial charge in [-0.1, -0.05) is 5.16 Å². The number of nitrogens with zero attached hydrogens (tertiary/aromatic N) is 4. The predicted octanol–water partition coefficient (Wildman–Crippen LogP) is 2.08. The summed E-state index contributed by atoms with van der Waals surface area (Å²) in [4.78, 5) is 4.40. The molecular formula is C14H14N4O3. The van der Waals surface area contributed by atoms with E-state index in [1.807, 2.05) is 24.4 Å². The highest BCUT2D eigenvalue weighted by atomic mass is 16.5. The second-order valence-electron chi connectivity index (χ2n) is 4.99. The highest BCUT2D eigenvalue weighted by molar-refractivity contribution is 5.44. The Morgan fingerprint density at radius 1 is 1.33 bits per heavy atom. The molecule has 0 unspecified atom stereocenters. The van der Waals surface area contributed by atoms with E-state index < -0.39 is 0 Å². The summed E-state index contributed by atoms with van der Waals surface area (Å²) in [7, 11) is 0. The minimum absolute atomic E-state index is 0.223. The molecule has 3 aromatic rings. The second kappa shape index (κ2) is 5.17. The summed E-state index contributed by atoms with van der Waals surface area (Å²) in [6.45, 7) is 1.98. The van der Waals surface area contributed by atoms with E-state index in [-0.39, 0.29) is 5.92 Å². The first-order chi connectivity index (χ1) is 10.4. The lowest BCUT2D eigenvalue weighted by Crippen LogP contribution is -1.99. The molecule has 3 aromatic heterocycles. The van der Waals surface area contributed by atoms with Gasteiger partial charge in [0.25, 0.3) is 5.89 Å². The molecule has 0 saturated carbocycles. The van der Waals surface area contributed by atoms with Crippen LogP contribution in [0.15, 0.2) is 39.5 Å². The van der Waals surface area contributed by atoms with Gasteiger partial charge in [0.2, 0.25) is 0 Å². The normalized spacial score (nSPS) is 18.4. The Labute approximate surface area is 120 Å². The van der Waals surface area contributed by atoms with Crippen LogP contribution in [0.25, 0.3) is 11.7 Å². The van der Waals surface area contributed by atoms with Crippen LogP contribution in [0.2, 0.25) is 0 Å². The van der Waals surface area contributed by atoms with Crippen LogP contribution in [0.3, 0.4) is 0 Å². The van der Waals surface area contributed by atoms with Crippen molar-refractivity contribution in [1.82, 2.24) is 19.9 Å². The molecule has 0 aromatic carbocycles. The van der Waals surface area contributed by atoms with Gasteiger partial charge in [0.1, 0.15) is 5.76 Å². The Morgan fingerprint density at radius 3 is 3.14 bits per heavy atom. The van der Waals surface area contributed by atoms with E-state index in [2.05, 4.69) is 15.2 Å². The standard InChI is InChI=1S/C14H14N4O3/c1-5-15-18(6-1)8-11-2-3-12(20-11)14-16-13(17-21-14)10-4-7-19-9-10/h1-3,5-6,10H,4,7-9H2/t10-/m0/s1. The van der Waals surface area contributed by atoms with Crippen LogP contribution in [-0.4, -0.2) is 33.1 Å². The molecule has 0 radical (unpaired) electrons. The van der Waals surface area contributed by atoms with Crippen LogP contribution in [0, 0.1) is 0 Å². The van der Waals surface area contributed by atoms with E-state index in [0.717, 1.165) is 18.8 Å². The van der Waals surface area contributed by atoms with E-state index in [0.29, 0.717) is 30.6 Å². The number of ether oxygens (including phenoxy) is 1. The Hall–Kier alpha value is -2.41. The summed E-state index contributed by atoms with van der Waals surface area (Å²) < 4.78 is 18.1. The zero-order valence-corrected chi connectivity index (χ0v) is 11.3. The smallest absolute Gasteiger partial charge is 0.293 e. The van der Waals surface area contributed by atoms with Gasteiger partial charge in [-0.2, -0.15) is 10.1 Å². The molecule has 108 valence electrons. The highest BCUT2D eigenvalue weighted by Gasteiger charge is 2.24. The third kappa shape index (κ3) is 2.47. The lowest BCUT2D eigenvalue weighted by Gasteiger charge is -1.97. The molecule has 0 aliphatic carbocycles. The fourth-order valence-corrected chi connectivity index (χ4v) is 2.37. The summed E-state index contributed by atoms with van der Waals surface area (Å²) >= 11 is 0. The van der Waals surface area contributed by atoms with E-state index in [9.17, 15) is 0 Å². The van der Waals surface area contributed by atoms with Crippen LogP contribution in [0.5, 0.6) is 0 Å². The van der Waals surface area contributed by atoms with Gasteiger partial charge in [0, 0.05) is 24.9 Å². The van der Waals surface area contributed by atoms with Crippen molar-refractivity contribution in [2.75, 3.05) is 13.2 Å². The Kier molecular flexibility index (Phi) is 3.04. The zero-order valence-electron chi connectivity index (χ0n) is 11.3. The molecule has 1 saturated heterocycles. The Bertz CT molecular complexity index is 710. The van der Waals surface area contributed by atoms with Crippen molar-refractivity contribution in [2.45, 2.75) is 18.9 Å². The van der Waals surface area contributed by atoms with E-state index in [1.54, 1.807) is 10.9 Å². The van der Waals surface area contributed by atoms with Crippen molar-refractivity contribution in [2.24, 2.45) is 0 Å². The fourth-order valence-electron chi connectivity index (χ4n) is 2.37. The lowest BCUT2D eigenvalue weighted by atomic mass is 10.1. The van der Waals surface area contributed by atoms with Crippen molar-refractivity contribution < 1.29 is 13.7 Å². The van der Waals surface area contributed by atoms with Gasteiger partial charge in [0.15, 0.2) is 11.6 Å². The first-order valence-electron chi connectivity index (χ1n) is 6.86. The molecule has 0 N–H and O–H groups in total. The van der Waals surface area contributed by atoms with Crippen molar-refractivity contribution in [3.8, 4) is 11.7 Å². The molecular weight excluding hydrogens is 272 g/mol. The Morgan fingerprint density at radius 2 is 2.33 bits per heavy atom. The van der Waals surface area contributed by atoms with Crippen LogP contribution in [-0.2, 0) is 11.3 Å². The number of hydrogen-bond acceptors (Lipinski definition) is 6. The summed E-state index contributed by atoms with van der Waals surface area (Å²) in [5.41, 5.74) is 0. The lowest BCUT2D eigenvalue weighted by molar-refractivity contribution is 0.192. The molecule has 1 fully saturated rings. The highest BCUT2D eigenvalue weighted by Crippen LogP contribution is 2.26. The van der Waals surface area contributed by atoms with Crippen molar-refractivity contribution in [3.63, 3.8) is 0 Å². The van der Waals surface area contributed by atoms with E-state index in [1.165, 1.54) is 0 Å². The third-order valence-electron chi connectivity index (χ3n) is 3.49. The first-order valence-corrected chi connectivity index (χ1v) is 6.86. The monoisotopic (exact) mass is 286 g/mol. The summed E-state index contributed by atoms with van der Waals surface area (Å²) in [6.07, 6.45) is 4.55. The third-order valence-corrected chi connectivity index (χ3v) is 3.49. The van der Waals surface area contributed by atoms with Gasteiger partial charge in [0.05, 0.1) is 13.2 Å². The molecule has 7 nitrogen and oxygen atoms in total. The minimum atomic E-state index is 0.223. The topological polar surface area (TPSA) is 79.1 Å². The SMILES string of the molecule is c1cnn(Cc2ccc(-c3nc([C@H]4CCOC4)no3)o2)c1. The van der Waals surface area contributed by atoms with Crippen molar-refractivity contribution >= 4 is 0 Å². The maximum atomic E-state index is 5.73. The summed E-state index contributed by atoms with van der Waals surface area (Å²) in [6, 6.07) is 5.60. The zero-order chi connectivity index (χ0) is 14.1.